The van der Waals surface area contributed by atoms with Crippen LogP contribution >= 0.6 is 11.8 Å². The lowest BCUT2D eigenvalue weighted by molar-refractivity contribution is -0.119. The summed E-state index contributed by atoms with van der Waals surface area (Å²) in [6, 6.07) is 8.99. The highest BCUT2D eigenvalue weighted by molar-refractivity contribution is 8.02. The summed E-state index contributed by atoms with van der Waals surface area (Å²) < 4.78 is 0. The fourth-order valence-electron chi connectivity index (χ4n) is 1.20. The second kappa shape index (κ2) is 6.61. The van der Waals surface area contributed by atoms with Crippen LogP contribution in [0.4, 0.5) is 0 Å². The van der Waals surface area contributed by atoms with Crippen LogP contribution in [0.1, 0.15) is 11.1 Å². The van der Waals surface area contributed by atoms with Gasteiger partial charge in [0, 0.05) is 6.20 Å². The maximum atomic E-state index is 11.5. The second-order valence-electron chi connectivity index (χ2n) is 3.31. The molecule has 0 atom stereocenters. The van der Waals surface area contributed by atoms with Crippen LogP contribution in [0.25, 0.3) is 0 Å². The van der Waals surface area contributed by atoms with E-state index in [2.05, 4.69) is 5.32 Å². The van der Waals surface area contributed by atoms with Crippen LogP contribution in [0.5, 0.6) is 0 Å². The van der Waals surface area contributed by atoms with Gasteiger partial charge < -0.3 is 11.1 Å². The molecule has 0 spiro atoms. The highest BCUT2D eigenvalue weighted by Crippen LogP contribution is 2.05. The van der Waals surface area contributed by atoms with Gasteiger partial charge in [0.2, 0.25) is 5.91 Å². The number of carbonyl (C=O) groups excluding carboxylic acids is 1. The molecule has 0 aliphatic carbocycles. The number of benzene rings is 1. The van der Waals surface area contributed by atoms with Crippen molar-refractivity contribution in [2.75, 3.05) is 6.26 Å². The quantitative estimate of drug-likeness (QED) is 0.841. The summed E-state index contributed by atoms with van der Waals surface area (Å²) in [5, 5.41) is 11.9. The molecule has 0 aliphatic rings. The minimum absolute atomic E-state index is 0.155. The molecule has 88 valence electrons. The van der Waals surface area contributed by atoms with Gasteiger partial charge in [0.15, 0.2) is 0 Å². The van der Waals surface area contributed by atoms with Crippen molar-refractivity contribution in [1.82, 2.24) is 5.32 Å². The maximum Gasteiger partial charge on any atom is 0.228 e. The lowest BCUT2D eigenvalue weighted by Gasteiger charge is -2.02. The predicted molar refractivity (Wildman–Crippen MR) is 68.8 cm³/mol. The molecule has 1 rings (SSSR count). The average Bonchev–Trinajstić information content (AvgIpc) is 2.36. The molecule has 0 fully saturated rings. The summed E-state index contributed by atoms with van der Waals surface area (Å²) in [7, 11) is 0. The zero-order valence-electron chi connectivity index (χ0n) is 9.43. The molecule has 1 amide bonds. The first-order valence-corrected chi connectivity index (χ1v) is 6.16. The molecule has 3 N–H and O–H groups in total. The average molecular weight is 247 g/mol. The minimum Gasteiger partial charge on any atom is -0.392 e. The Bertz CT molecular complexity index is 477. The Morgan fingerprint density at radius 3 is 3.06 bits per heavy atom. The van der Waals surface area contributed by atoms with Crippen LogP contribution in [0, 0.1) is 11.3 Å². The van der Waals surface area contributed by atoms with Crippen LogP contribution in [0.3, 0.4) is 0 Å². The van der Waals surface area contributed by atoms with Crippen molar-refractivity contribution in [1.29, 1.82) is 5.26 Å². The SMILES string of the molecule is CS/C(N)=C/NC(=O)Cc1cccc(C#N)c1. The zero-order valence-corrected chi connectivity index (χ0v) is 10.3. The number of hydrogen-bond donors (Lipinski definition) is 2. The summed E-state index contributed by atoms with van der Waals surface area (Å²) in [5.74, 6) is -0.155. The lowest BCUT2D eigenvalue weighted by atomic mass is 10.1. The Labute approximate surface area is 104 Å². The van der Waals surface area contributed by atoms with Crippen LogP contribution < -0.4 is 11.1 Å². The maximum absolute atomic E-state index is 11.5. The van der Waals surface area contributed by atoms with Crippen LogP contribution in [-0.2, 0) is 11.2 Å². The third-order valence-electron chi connectivity index (χ3n) is 2.03. The van der Waals surface area contributed by atoms with E-state index in [1.807, 2.05) is 18.4 Å². The van der Waals surface area contributed by atoms with Crippen molar-refractivity contribution in [2.45, 2.75) is 6.42 Å². The first-order chi connectivity index (χ1) is 8.15. The minimum atomic E-state index is -0.155. The van der Waals surface area contributed by atoms with Gasteiger partial charge in [-0.1, -0.05) is 12.1 Å². The standard InChI is InChI=1S/C12H13N3OS/c1-17-11(14)8-15-12(16)6-9-3-2-4-10(5-9)7-13/h2-5,8H,6,14H2,1H3,(H,15,16)/b11-8+. The van der Waals surface area contributed by atoms with Crippen molar-refractivity contribution in [3.63, 3.8) is 0 Å². The number of nitrogens with one attached hydrogen (secondary N) is 1. The van der Waals surface area contributed by atoms with Crippen molar-refractivity contribution >= 4 is 17.7 Å². The monoisotopic (exact) mass is 247 g/mol. The molecular formula is C12H13N3OS. The van der Waals surface area contributed by atoms with E-state index in [-0.39, 0.29) is 12.3 Å². The van der Waals surface area contributed by atoms with E-state index in [4.69, 9.17) is 11.0 Å². The number of nitrogens with zero attached hydrogens (tertiary/aromatic N) is 1. The van der Waals surface area contributed by atoms with Gasteiger partial charge in [-0.2, -0.15) is 5.26 Å². The largest absolute Gasteiger partial charge is 0.392 e. The van der Waals surface area contributed by atoms with E-state index in [0.29, 0.717) is 10.6 Å². The number of thioether (sulfide) groups is 1. The fourth-order valence-corrected chi connectivity index (χ4v) is 1.37. The summed E-state index contributed by atoms with van der Waals surface area (Å²) in [6.45, 7) is 0. The van der Waals surface area contributed by atoms with Crippen molar-refractivity contribution < 1.29 is 4.79 Å². The van der Waals surface area contributed by atoms with Crippen LogP contribution in [0.15, 0.2) is 35.5 Å². The first kappa shape index (κ1) is 13.1. The molecule has 0 saturated carbocycles. The smallest absolute Gasteiger partial charge is 0.228 e. The topological polar surface area (TPSA) is 78.9 Å². The van der Waals surface area contributed by atoms with Crippen molar-refractivity contribution in [2.24, 2.45) is 5.73 Å². The molecule has 17 heavy (non-hydrogen) atoms. The van der Waals surface area contributed by atoms with E-state index in [1.165, 1.54) is 18.0 Å². The number of amides is 1. The van der Waals surface area contributed by atoms with Crippen molar-refractivity contribution in [3.05, 3.63) is 46.6 Å². The van der Waals surface area contributed by atoms with Crippen LogP contribution in [0.2, 0.25) is 0 Å². The molecule has 0 aliphatic heterocycles. The summed E-state index contributed by atoms with van der Waals surface area (Å²) in [6.07, 6.45) is 3.53. The number of rotatable bonds is 4. The molecular weight excluding hydrogens is 234 g/mol. The number of hydrogen-bond acceptors (Lipinski definition) is 4. The molecule has 0 heterocycles. The summed E-state index contributed by atoms with van der Waals surface area (Å²) in [4.78, 5) is 11.5. The Morgan fingerprint density at radius 1 is 1.65 bits per heavy atom. The Morgan fingerprint density at radius 2 is 2.41 bits per heavy atom. The van der Waals surface area contributed by atoms with Gasteiger partial charge in [-0.15, -0.1) is 11.8 Å². The molecule has 5 heteroatoms. The van der Waals surface area contributed by atoms with Gasteiger partial charge >= 0.3 is 0 Å². The lowest BCUT2D eigenvalue weighted by Crippen LogP contribution is -2.20. The van der Waals surface area contributed by atoms with E-state index in [1.54, 1.807) is 18.2 Å². The van der Waals surface area contributed by atoms with Gasteiger partial charge in [0.05, 0.1) is 23.1 Å². The van der Waals surface area contributed by atoms with Gasteiger partial charge in [-0.3, -0.25) is 4.79 Å². The summed E-state index contributed by atoms with van der Waals surface area (Å²) >= 11 is 1.36. The van der Waals surface area contributed by atoms with Gasteiger partial charge in [0.1, 0.15) is 0 Å². The van der Waals surface area contributed by atoms with Gasteiger partial charge in [-0.25, -0.2) is 0 Å². The van der Waals surface area contributed by atoms with E-state index in [9.17, 15) is 4.79 Å². The molecule has 0 bridgehead atoms. The molecule has 0 radical (unpaired) electrons. The first-order valence-electron chi connectivity index (χ1n) is 4.93. The zero-order chi connectivity index (χ0) is 12.7. The molecule has 0 aromatic heterocycles. The number of nitriles is 1. The molecule has 1 aromatic carbocycles. The third-order valence-corrected chi connectivity index (χ3v) is 2.62. The summed E-state index contributed by atoms with van der Waals surface area (Å²) in [5.41, 5.74) is 6.88. The highest BCUT2D eigenvalue weighted by Gasteiger charge is 2.02. The van der Waals surface area contributed by atoms with Gasteiger partial charge in [-0.05, 0) is 24.0 Å². The predicted octanol–water partition coefficient (Wildman–Crippen LogP) is 1.34. The van der Waals surface area contributed by atoms with Crippen LogP contribution in [-0.4, -0.2) is 12.2 Å². The second-order valence-corrected chi connectivity index (χ2v) is 4.19. The van der Waals surface area contributed by atoms with Gasteiger partial charge in [0.25, 0.3) is 0 Å². The number of nitrogens with two attached hydrogens (primary N) is 1. The third kappa shape index (κ3) is 4.62. The Balaban J connectivity index is 2.60. The normalized spacial score (nSPS) is 10.7. The molecule has 0 unspecified atom stereocenters. The molecule has 4 nitrogen and oxygen atoms in total. The van der Waals surface area contributed by atoms with E-state index < -0.39 is 0 Å². The van der Waals surface area contributed by atoms with Crippen molar-refractivity contribution in [3.8, 4) is 6.07 Å². The van der Waals surface area contributed by atoms with E-state index in [0.717, 1.165) is 5.56 Å². The Kier molecular flexibility index (Phi) is 5.11. The fraction of sp³-hybridized carbons (Fsp3) is 0.167. The molecule has 1 aromatic rings. The van der Waals surface area contributed by atoms with E-state index >= 15 is 0 Å². The molecule has 0 saturated heterocycles. The highest BCUT2D eigenvalue weighted by atomic mass is 32.2. The number of carbonyl (C=O) groups is 1. The Hall–Kier alpha value is -1.93.